The van der Waals surface area contributed by atoms with Gasteiger partial charge in [0.15, 0.2) is 11.6 Å². The van der Waals surface area contributed by atoms with Crippen LogP contribution in [0.15, 0.2) is 51.9 Å². The molecule has 4 aromatic rings. The Morgan fingerprint density at radius 3 is 2.57 bits per heavy atom. The molecule has 35 heavy (non-hydrogen) atoms. The van der Waals surface area contributed by atoms with Crippen LogP contribution in [0.3, 0.4) is 0 Å². The number of furan rings is 1. The highest BCUT2D eigenvalue weighted by Crippen LogP contribution is 2.30. The van der Waals surface area contributed by atoms with Crippen LogP contribution >= 0.6 is 0 Å². The van der Waals surface area contributed by atoms with Crippen LogP contribution in [0, 0.1) is 6.92 Å². The number of nitrogens with zero attached hydrogens (tertiary/aromatic N) is 6. The molecule has 182 valence electrons. The van der Waals surface area contributed by atoms with Crippen molar-refractivity contribution in [2.45, 2.75) is 39.3 Å². The molecule has 0 radical (unpaired) electrons. The second-order valence-electron chi connectivity index (χ2n) is 9.92. The Kier molecular flexibility index (Phi) is 5.76. The van der Waals surface area contributed by atoms with E-state index in [1.54, 1.807) is 21.7 Å². The fourth-order valence-corrected chi connectivity index (χ4v) is 4.68. The van der Waals surface area contributed by atoms with Gasteiger partial charge in [-0.05, 0) is 67.3 Å². The van der Waals surface area contributed by atoms with Gasteiger partial charge in [-0.3, -0.25) is 14.5 Å². The van der Waals surface area contributed by atoms with Crippen LogP contribution in [0.1, 0.15) is 54.3 Å². The van der Waals surface area contributed by atoms with Gasteiger partial charge in [-0.1, -0.05) is 18.2 Å². The van der Waals surface area contributed by atoms with Gasteiger partial charge in [0.2, 0.25) is 0 Å². The number of tetrazole rings is 1. The molecule has 1 aromatic carbocycles. The molecular formula is C25H29N7O3. The summed E-state index contributed by atoms with van der Waals surface area (Å²) in [6.07, 6.45) is 1.50. The van der Waals surface area contributed by atoms with Gasteiger partial charge in [-0.2, -0.15) is 0 Å². The van der Waals surface area contributed by atoms with Crippen molar-refractivity contribution in [3.8, 4) is 0 Å². The van der Waals surface area contributed by atoms with Crippen LogP contribution in [0.25, 0.3) is 10.9 Å². The summed E-state index contributed by atoms with van der Waals surface area (Å²) in [5.41, 5.74) is 1.86. The van der Waals surface area contributed by atoms with Gasteiger partial charge >= 0.3 is 0 Å². The monoisotopic (exact) mass is 475 g/mol. The van der Waals surface area contributed by atoms with Crippen molar-refractivity contribution >= 4 is 16.8 Å². The van der Waals surface area contributed by atoms with E-state index in [1.165, 1.54) is 6.26 Å². The molecule has 1 aliphatic heterocycles. The number of nitrogens with one attached hydrogen (secondary N) is 1. The van der Waals surface area contributed by atoms with E-state index in [0.29, 0.717) is 43.3 Å². The highest BCUT2D eigenvalue weighted by molar-refractivity contribution is 5.91. The highest BCUT2D eigenvalue weighted by atomic mass is 16.3. The molecule has 1 atom stereocenters. The van der Waals surface area contributed by atoms with Gasteiger partial charge in [0.1, 0.15) is 6.04 Å². The molecule has 0 bridgehead atoms. The number of fused-ring (bicyclic) bond motifs is 1. The lowest BCUT2D eigenvalue weighted by molar-refractivity contribution is 0.0555. The molecule has 0 unspecified atom stereocenters. The Morgan fingerprint density at radius 1 is 1.11 bits per heavy atom. The predicted molar refractivity (Wildman–Crippen MR) is 130 cm³/mol. The van der Waals surface area contributed by atoms with Crippen LogP contribution in [-0.2, 0) is 5.54 Å². The van der Waals surface area contributed by atoms with Gasteiger partial charge < -0.3 is 14.3 Å². The number of amides is 1. The van der Waals surface area contributed by atoms with E-state index in [9.17, 15) is 9.59 Å². The molecule has 10 nitrogen and oxygen atoms in total. The molecule has 3 aromatic heterocycles. The van der Waals surface area contributed by atoms with E-state index in [1.807, 2.05) is 52.0 Å². The number of aromatic amines is 1. The van der Waals surface area contributed by atoms with Crippen molar-refractivity contribution in [3.05, 3.63) is 75.7 Å². The van der Waals surface area contributed by atoms with E-state index in [2.05, 4.69) is 25.4 Å². The Morgan fingerprint density at radius 2 is 1.89 bits per heavy atom. The van der Waals surface area contributed by atoms with Crippen molar-refractivity contribution in [1.82, 2.24) is 35.0 Å². The van der Waals surface area contributed by atoms with Gasteiger partial charge in [0.05, 0.1) is 17.3 Å². The second-order valence-corrected chi connectivity index (χ2v) is 9.92. The largest absolute Gasteiger partial charge is 0.459 e. The molecule has 4 heterocycles. The maximum atomic E-state index is 13.4. The van der Waals surface area contributed by atoms with E-state index >= 15 is 0 Å². The predicted octanol–water partition coefficient (Wildman–Crippen LogP) is 2.72. The van der Waals surface area contributed by atoms with Crippen molar-refractivity contribution in [2.24, 2.45) is 0 Å². The molecule has 5 rings (SSSR count). The SMILES string of the molecule is Cc1cccc2cc([C@@H](c3nnnn3C(C)(C)C)N3CCN(C(=O)c4ccco4)CC3)c(=O)[nH]c12. The Balaban J connectivity index is 1.54. The first kappa shape index (κ1) is 23.0. The fraction of sp³-hybridized carbons (Fsp3) is 0.400. The molecule has 0 aliphatic carbocycles. The molecule has 0 saturated carbocycles. The molecule has 1 saturated heterocycles. The third kappa shape index (κ3) is 4.25. The lowest BCUT2D eigenvalue weighted by atomic mass is 10.00. The Labute approximate surface area is 202 Å². The standard InChI is InChI=1S/C25H29N7O3/c1-16-7-5-8-17-15-18(23(33)26-20(16)17)21(22-27-28-29-32(22)25(2,3)4)30-10-12-31(13-11-30)24(34)19-9-6-14-35-19/h5-9,14-15,21H,10-13H2,1-4H3,(H,26,33)/t21-/m0/s1. The molecule has 10 heteroatoms. The number of H-pyrrole nitrogens is 1. The number of aryl methyl sites for hydroxylation is 1. The number of aromatic nitrogens is 5. The molecular weight excluding hydrogens is 446 g/mol. The minimum atomic E-state index is -0.473. The maximum Gasteiger partial charge on any atom is 0.289 e. The molecule has 1 N–H and O–H groups in total. The van der Waals surface area contributed by atoms with Gasteiger partial charge in [0.25, 0.3) is 11.5 Å². The van der Waals surface area contributed by atoms with Crippen molar-refractivity contribution in [2.75, 3.05) is 26.2 Å². The summed E-state index contributed by atoms with van der Waals surface area (Å²) in [4.78, 5) is 33.2. The molecule has 1 fully saturated rings. The molecule has 1 aliphatic rings. The second kappa shape index (κ2) is 8.77. The van der Waals surface area contributed by atoms with Crippen LogP contribution in [-0.4, -0.2) is 67.1 Å². The number of piperazine rings is 1. The zero-order chi connectivity index (χ0) is 24.7. The van der Waals surface area contributed by atoms with Gasteiger partial charge in [-0.25, -0.2) is 4.68 Å². The first-order chi connectivity index (χ1) is 16.7. The minimum absolute atomic E-state index is 0.134. The first-order valence-corrected chi connectivity index (χ1v) is 11.7. The zero-order valence-corrected chi connectivity index (χ0v) is 20.4. The maximum absolute atomic E-state index is 13.4. The summed E-state index contributed by atoms with van der Waals surface area (Å²) in [6, 6.07) is 10.8. The number of rotatable bonds is 4. The third-order valence-electron chi connectivity index (χ3n) is 6.48. The number of carbonyl (C=O) groups excluding carboxylic acids is 1. The number of benzene rings is 1. The van der Waals surface area contributed by atoms with E-state index in [-0.39, 0.29) is 17.0 Å². The summed E-state index contributed by atoms with van der Waals surface area (Å²) in [6.45, 7) is 10.2. The quantitative estimate of drug-likeness (QED) is 0.483. The van der Waals surface area contributed by atoms with Crippen LogP contribution in [0.5, 0.6) is 0 Å². The first-order valence-electron chi connectivity index (χ1n) is 11.7. The molecule has 0 spiro atoms. The Bertz CT molecular complexity index is 1410. The average Bonchev–Trinajstić information content (AvgIpc) is 3.53. The minimum Gasteiger partial charge on any atom is -0.459 e. The third-order valence-corrected chi connectivity index (χ3v) is 6.48. The van der Waals surface area contributed by atoms with Crippen LogP contribution in [0.2, 0.25) is 0 Å². The van der Waals surface area contributed by atoms with Gasteiger partial charge in [0, 0.05) is 31.7 Å². The number of pyridine rings is 1. The summed E-state index contributed by atoms with van der Waals surface area (Å²) in [5.74, 6) is 0.790. The summed E-state index contributed by atoms with van der Waals surface area (Å²) < 4.78 is 7.07. The normalized spacial score (nSPS) is 16.1. The number of hydrogen-bond acceptors (Lipinski definition) is 7. The van der Waals surface area contributed by atoms with Crippen molar-refractivity contribution in [3.63, 3.8) is 0 Å². The summed E-state index contributed by atoms with van der Waals surface area (Å²) >= 11 is 0. The number of hydrogen-bond donors (Lipinski definition) is 1. The number of para-hydroxylation sites is 1. The lowest BCUT2D eigenvalue weighted by Gasteiger charge is -2.39. The van der Waals surface area contributed by atoms with Crippen molar-refractivity contribution < 1.29 is 9.21 Å². The van der Waals surface area contributed by atoms with E-state index < -0.39 is 6.04 Å². The van der Waals surface area contributed by atoms with E-state index in [4.69, 9.17) is 4.42 Å². The van der Waals surface area contributed by atoms with Gasteiger partial charge in [-0.15, -0.1) is 5.10 Å². The smallest absolute Gasteiger partial charge is 0.289 e. The Hall–Kier alpha value is -3.79. The summed E-state index contributed by atoms with van der Waals surface area (Å²) in [7, 11) is 0. The van der Waals surface area contributed by atoms with Crippen molar-refractivity contribution in [1.29, 1.82) is 0 Å². The topological polar surface area (TPSA) is 113 Å². The number of carbonyl (C=O) groups is 1. The molecule has 1 amide bonds. The lowest BCUT2D eigenvalue weighted by Crippen LogP contribution is -2.51. The highest BCUT2D eigenvalue weighted by Gasteiger charge is 2.36. The van der Waals surface area contributed by atoms with E-state index in [0.717, 1.165) is 16.5 Å². The van der Waals surface area contributed by atoms with Crippen LogP contribution in [0.4, 0.5) is 0 Å². The average molecular weight is 476 g/mol. The fourth-order valence-electron chi connectivity index (χ4n) is 4.68. The zero-order valence-electron chi connectivity index (χ0n) is 20.4. The van der Waals surface area contributed by atoms with Crippen LogP contribution < -0.4 is 5.56 Å². The summed E-state index contributed by atoms with van der Waals surface area (Å²) in [5, 5.41) is 13.5.